The molecule has 1 N–H and O–H groups in total. The Bertz CT molecular complexity index is 434. The summed E-state index contributed by atoms with van der Waals surface area (Å²) in [4.78, 5) is 0. The van der Waals surface area contributed by atoms with Gasteiger partial charge in [-0.2, -0.15) is 0 Å². The second-order valence-corrected chi connectivity index (χ2v) is 6.50. The van der Waals surface area contributed by atoms with Gasteiger partial charge in [0.15, 0.2) is 11.5 Å². The fraction of sp³-hybridized carbons (Fsp3) is 0.714. The molecule has 0 aliphatic carbocycles. The Kier molecular flexibility index (Phi) is 13.1. The van der Waals surface area contributed by atoms with Gasteiger partial charge >= 0.3 is 0 Å². The molecule has 0 saturated heterocycles. The molecule has 1 aromatic carbocycles. The number of aliphatic hydroxyl groups is 1. The Hall–Kier alpha value is -1.26. The van der Waals surface area contributed by atoms with Crippen LogP contribution in [0.3, 0.4) is 0 Å². The Labute approximate surface area is 153 Å². The summed E-state index contributed by atoms with van der Waals surface area (Å²) in [7, 11) is 3.29. The molecule has 0 aromatic heterocycles. The average Bonchev–Trinajstić information content (AvgIpc) is 2.65. The number of ether oxygens (including phenoxy) is 3. The molecule has 0 radical (unpaired) electrons. The number of rotatable bonds is 16. The second-order valence-electron chi connectivity index (χ2n) is 6.50. The standard InChI is InChI=1S/C21H36O4/c1-23-20-14-13-19(17-21(20)24-2)18-25-16-12-10-8-6-4-3-5-7-9-11-15-22/h13-14,17,22H,3-12,15-16,18H2,1-2H3. The molecular weight excluding hydrogens is 316 g/mol. The molecule has 25 heavy (non-hydrogen) atoms. The molecule has 0 bridgehead atoms. The minimum Gasteiger partial charge on any atom is -0.493 e. The molecule has 1 rings (SSSR count). The Morgan fingerprint density at radius 1 is 0.720 bits per heavy atom. The number of benzene rings is 1. The Balaban J connectivity index is 1.95. The van der Waals surface area contributed by atoms with E-state index < -0.39 is 0 Å². The monoisotopic (exact) mass is 352 g/mol. The third-order valence-corrected chi connectivity index (χ3v) is 4.41. The van der Waals surface area contributed by atoms with Gasteiger partial charge in [0, 0.05) is 13.2 Å². The van der Waals surface area contributed by atoms with Crippen molar-refractivity contribution >= 4 is 0 Å². The summed E-state index contributed by atoms with van der Waals surface area (Å²) < 4.78 is 16.3. The van der Waals surface area contributed by atoms with E-state index in [0.717, 1.165) is 36.5 Å². The van der Waals surface area contributed by atoms with Gasteiger partial charge in [0.1, 0.15) is 0 Å². The van der Waals surface area contributed by atoms with Crippen molar-refractivity contribution in [1.29, 1.82) is 0 Å². The van der Waals surface area contributed by atoms with Gasteiger partial charge in [-0.3, -0.25) is 0 Å². The average molecular weight is 353 g/mol. The second kappa shape index (κ2) is 15.0. The van der Waals surface area contributed by atoms with Crippen LogP contribution >= 0.6 is 0 Å². The predicted octanol–water partition coefficient (Wildman–Crippen LogP) is 5.11. The highest BCUT2D eigenvalue weighted by Crippen LogP contribution is 2.27. The lowest BCUT2D eigenvalue weighted by molar-refractivity contribution is 0.116. The smallest absolute Gasteiger partial charge is 0.161 e. The van der Waals surface area contributed by atoms with Crippen LogP contribution in [0, 0.1) is 0 Å². The minimum absolute atomic E-state index is 0.341. The molecule has 4 heteroatoms. The molecule has 0 saturated carbocycles. The van der Waals surface area contributed by atoms with E-state index in [9.17, 15) is 0 Å². The topological polar surface area (TPSA) is 47.9 Å². The maximum absolute atomic E-state index is 8.72. The van der Waals surface area contributed by atoms with Crippen LogP contribution in [0.25, 0.3) is 0 Å². The first-order valence-corrected chi connectivity index (χ1v) is 9.71. The van der Waals surface area contributed by atoms with Gasteiger partial charge in [0.05, 0.1) is 20.8 Å². The molecule has 144 valence electrons. The lowest BCUT2D eigenvalue weighted by atomic mass is 10.1. The predicted molar refractivity (Wildman–Crippen MR) is 102 cm³/mol. The summed E-state index contributed by atoms with van der Waals surface area (Å²) in [5, 5.41) is 8.72. The van der Waals surface area contributed by atoms with Crippen molar-refractivity contribution < 1.29 is 19.3 Å². The molecule has 0 spiro atoms. The number of aliphatic hydroxyl groups excluding tert-OH is 1. The molecule has 1 aromatic rings. The highest BCUT2D eigenvalue weighted by molar-refractivity contribution is 5.42. The van der Waals surface area contributed by atoms with Crippen molar-refractivity contribution in [2.24, 2.45) is 0 Å². The van der Waals surface area contributed by atoms with Gasteiger partial charge in [-0.25, -0.2) is 0 Å². The summed E-state index contributed by atoms with van der Waals surface area (Å²) in [5.74, 6) is 1.50. The number of methoxy groups -OCH3 is 2. The molecule has 0 unspecified atom stereocenters. The van der Waals surface area contributed by atoms with Crippen molar-refractivity contribution in [3.63, 3.8) is 0 Å². The highest BCUT2D eigenvalue weighted by atomic mass is 16.5. The summed E-state index contributed by atoms with van der Waals surface area (Å²) in [6, 6.07) is 5.91. The van der Waals surface area contributed by atoms with E-state index in [4.69, 9.17) is 19.3 Å². The molecular formula is C21H36O4. The van der Waals surface area contributed by atoms with Crippen LogP contribution in [-0.4, -0.2) is 32.5 Å². The van der Waals surface area contributed by atoms with E-state index in [0.29, 0.717) is 13.2 Å². The van der Waals surface area contributed by atoms with Crippen LogP contribution in [0.4, 0.5) is 0 Å². The number of unbranched alkanes of at least 4 members (excludes halogenated alkanes) is 9. The van der Waals surface area contributed by atoms with Crippen molar-refractivity contribution in [1.82, 2.24) is 0 Å². The van der Waals surface area contributed by atoms with Gasteiger partial charge in [0.2, 0.25) is 0 Å². The molecule has 0 atom stereocenters. The van der Waals surface area contributed by atoms with Crippen LogP contribution in [0.5, 0.6) is 11.5 Å². The first-order valence-electron chi connectivity index (χ1n) is 9.71. The van der Waals surface area contributed by atoms with Crippen molar-refractivity contribution in [2.45, 2.75) is 70.8 Å². The maximum atomic E-state index is 8.72. The third-order valence-electron chi connectivity index (χ3n) is 4.41. The van der Waals surface area contributed by atoms with E-state index in [1.165, 1.54) is 51.4 Å². The van der Waals surface area contributed by atoms with E-state index in [1.807, 2.05) is 18.2 Å². The summed E-state index contributed by atoms with van der Waals surface area (Å²) in [6.07, 6.45) is 12.4. The van der Waals surface area contributed by atoms with Gasteiger partial charge in [-0.05, 0) is 30.5 Å². The van der Waals surface area contributed by atoms with E-state index in [2.05, 4.69) is 0 Å². The first kappa shape index (κ1) is 21.8. The summed E-state index contributed by atoms with van der Waals surface area (Å²) in [6.45, 7) is 1.78. The fourth-order valence-corrected chi connectivity index (χ4v) is 2.89. The van der Waals surface area contributed by atoms with E-state index in [-0.39, 0.29) is 0 Å². The van der Waals surface area contributed by atoms with Crippen LogP contribution in [0.1, 0.15) is 69.8 Å². The molecule has 0 fully saturated rings. The third kappa shape index (κ3) is 10.4. The number of hydrogen-bond donors (Lipinski definition) is 1. The molecule has 0 heterocycles. The zero-order valence-corrected chi connectivity index (χ0v) is 16.1. The van der Waals surface area contributed by atoms with Crippen LogP contribution in [0.15, 0.2) is 18.2 Å². The van der Waals surface area contributed by atoms with Gasteiger partial charge in [-0.1, -0.05) is 57.4 Å². The quantitative estimate of drug-likeness (QED) is 0.420. The van der Waals surface area contributed by atoms with E-state index in [1.54, 1.807) is 14.2 Å². The highest BCUT2D eigenvalue weighted by Gasteiger charge is 2.04. The SMILES string of the molecule is COc1ccc(COCCCCCCCCCCCCO)cc1OC. The fourth-order valence-electron chi connectivity index (χ4n) is 2.89. The lowest BCUT2D eigenvalue weighted by Crippen LogP contribution is -1.97. The van der Waals surface area contributed by atoms with Crippen molar-refractivity contribution in [3.05, 3.63) is 23.8 Å². The maximum Gasteiger partial charge on any atom is 0.161 e. The van der Waals surface area contributed by atoms with Crippen LogP contribution in [0.2, 0.25) is 0 Å². The molecule has 0 aliphatic rings. The normalized spacial score (nSPS) is 10.8. The first-order chi connectivity index (χ1) is 12.3. The van der Waals surface area contributed by atoms with Crippen molar-refractivity contribution in [3.8, 4) is 11.5 Å². The molecule has 4 nitrogen and oxygen atoms in total. The molecule has 0 aliphatic heterocycles. The van der Waals surface area contributed by atoms with Gasteiger partial charge in [0.25, 0.3) is 0 Å². The zero-order valence-electron chi connectivity index (χ0n) is 16.1. The van der Waals surface area contributed by atoms with Gasteiger partial charge in [-0.15, -0.1) is 0 Å². The Morgan fingerprint density at radius 3 is 1.84 bits per heavy atom. The Morgan fingerprint density at radius 2 is 1.28 bits per heavy atom. The largest absolute Gasteiger partial charge is 0.493 e. The summed E-state index contributed by atoms with van der Waals surface area (Å²) in [5.41, 5.74) is 1.11. The number of hydrogen-bond acceptors (Lipinski definition) is 4. The minimum atomic E-state index is 0.341. The molecule has 0 amide bonds. The van der Waals surface area contributed by atoms with Crippen LogP contribution in [-0.2, 0) is 11.3 Å². The van der Waals surface area contributed by atoms with Crippen LogP contribution < -0.4 is 9.47 Å². The lowest BCUT2D eigenvalue weighted by Gasteiger charge is -2.10. The van der Waals surface area contributed by atoms with E-state index >= 15 is 0 Å². The van der Waals surface area contributed by atoms with Gasteiger partial charge < -0.3 is 19.3 Å². The summed E-state index contributed by atoms with van der Waals surface area (Å²) >= 11 is 0. The van der Waals surface area contributed by atoms with Crippen molar-refractivity contribution in [2.75, 3.05) is 27.4 Å². The zero-order chi connectivity index (χ0) is 18.2.